The molecule has 1 atom stereocenters. The second kappa shape index (κ2) is 7.54. The number of esters is 1. The van der Waals surface area contributed by atoms with Crippen molar-refractivity contribution in [2.24, 2.45) is 0 Å². The first-order valence-electron chi connectivity index (χ1n) is 8.06. The molecule has 132 valence electrons. The van der Waals surface area contributed by atoms with Crippen LogP contribution in [0.3, 0.4) is 0 Å². The lowest BCUT2D eigenvalue weighted by molar-refractivity contribution is -0.126. The first kappa shape index (κ1) is 17.9. The Morgan fingerprint density at radius 2 is 1.73 bits per heavy atom. The number of likely N-dealkylation sites (N-methyl/N-ethyl adjacent to an activating group) is 1. The molecular weight excluding hydrogens is 352 g/mol. The molecule has 5 nitrogen and oxygen atoms in total. The van der Waals surface area contributed by atoms with Gasteiger partial charge in [-0.05, 0) is 31.2 Å². The molecule has 0 aliphatic carbocycles. The van der Waals surface area contributed by atoms with E-state index in [2.05, 4.69) is 4.98 Å². The normalized spacial score (nSPS) is 11.8. The lowest BCUT2D eigenvalue weighted by Gasteiger charge is -2.21. The highest BCUT2D eigenvalue weighted by Gasteiger charge is 2.24. The number of amides is 1. The van der Waals surface area contributed by atoms with Gasteiger partial charge in [-0.15, -0.1) is 0 Å². The topological polar surface area (TPSA) is 59.5 Å². The van der Waals surface area contributed by atoms with E-state index in [1.54, 1.807) is 32.2 Å². The molecule has 2 aromatic carbocycles. The highest BCUT2D eigenvalue weighted by atomic mass is 35.5. The molecule has 3 rings (SSSR count). The van der Waals surface area contributed by atoms with Gasteiger partial charge < -0.3 is 9.64 Å². The predicted molar refractivity (Wildman–Crippen MR) is 101 cm³/mol. The molecule has 26 heavy (non-hydrogen) atoms. The van der Waals surface area contributed by atoms with Crippen LogP contribution in [0.1, 0.15) is 17.3 Å². The predicted octanol–water partition coefficient (Wildman–Crippen LogP) is 4.10. The summed E-state index contributed by atoms with van der Waals surface area (Å²) in [4.78, 5) is 30.8. The first-order chi connectivity index (χ1) is 12.5. The fourth-order valence-electron chi connectivity index (χ4n) is 2.64. The monoisotopic (exact) mass is 368 g/mol. The minimum atomic E-state index is -0.946. The molecule has 0 aliphatic heterocycles. The van der Waals surface area contributed by atoms with Gasteiger partial charge >= 0.3 is 5.97 Å². The molecule has 3 aromatic rings. The summed E-state index contributed by atoms with van der Waals surface area (Å²) >= 11 is 6.00. The minimum Gasteiger partial charge on any atom is -0.449 e. The summed E-state index contributed by atoms with van der Waals surface area (Å²) in [6.07, 6.45) is -0.946. The third kappa shape index (κ3) is 3.68. The van der Waals surface area contributed by atoms with Crippen molar-refractivity contribution in [3.05, 3.63) is 71.4 Å². The van der Waals surface area contributed by atoms with Crippen LogP contribution in [0, 0.1) is 0 Å². The van der Waals surface area contributed by atoms with Crippen LogP contribution in [0.15, 0.2) is 60.7 Å². The number of benzene rings is 2. The molecule has 1 heterocycles. The number of ether oxygens (including phenoxy) is 1. The van der Waals surface area contributed by atoms with Gasteiger partial charge in [-0.3, -0.25) is 4.79 Å². The molecule has 1 aromatic heterocycles. The Balaban J connectivity index is 1.81. The van der Waals surface area contributed by atoms with Crippen molar-refractivity contribution in [2.75, 3.05) is 11.9 Å². The van der Waals surface area contributed by atoms with Crippen LogP contribution in [-0.4, -0.2) is 30.0 Å². The molecule has 0 radical (unpaired) electrons. The van der Waals surface area contributed by atoms with E-state index in [-0.39, 0.29) is 16.6 Å². The van der Waals surface area contributed by atoms with Gasteiger partial charge in [0.1, 0.15) is 5.15 Å². The van der Waals surface area contributed by atoms with E-state index in [1.165, 1.54) is 11.0 Å². The number of carbonyl (C=O) groups excluding carboxylic acids is 2. The van der Waals surface area contributed by atoms with Crippen LogP contribution in [-0.2, 0) is 9.53 Å². The van der Waals surface area contributed by atoms with Gasteiger partial charge in [-0.25, -0.2) is 9.78 Å². The maximum Gasteiger partial charge on any atom is 0.339 e. The summed E-state index contributed by atoms with van der Waals surface area (Å²) in [6.45, 7) is 1.55. The number of hydrogen-bond donors (Lipinski definition) is 0. The molecule has 0 fully saturated rings. The zero-order valence-electron chi connectivity index (χ0n) is 14.3. The van der Waals surface area contributed by atoms with Crippen molar-refractivity contribution in [3.63, 3.8) is 0 Å². The highest BCUT2D eigenvalue weighted by molar-refractivity contribution is 6.30. The van der Waals surface area contributed by atoms with Gasteiger partial charge in [0.25, 0.3) is 5.91 Å². The zero-order valence-corrected chi connectivity index (χ0v) is 15.1. The first-order valence-corrected chi connectivity index (χ1v) is 8.44. The number of aromatic nitrogens is 1. The Kier molecular flexibility index (Phi) is 5.19. The molecule has 0 N–H and O–H groups in total. The highest BCUT2D eigenvalue weighted by Crippen LogP contribution is 2.22. The number of pyridine rings is 1. The molecule has 0 bridgehead atoms. The van der Waals surface area contributed by atoms with Crippen LogP contribution < -0.4 is 4.90 Å². The summed E-state index contributed by atoms with van der Waals surface area (Å²) in [5.74, 6) is -0.943. The van der Waals surface area contributed by atoms with Crippen LogP contribution in [0.4, 0.5) is 5.69 Å². The van der Waals surface area contributed by atoms with Crippen molar-refractivity contribution < 1.29 is 14.3 Å². The van der Waals surface area contributed by atoms with E-state index in [1.807, 2.05) is 36.4 Å². The summed E-state index contributed by atoms with van der Waals surface area (Å²) in [7, 11) is 1.64. The molecule has 1 amide bonds. The van der Waals surface area contributed by atoms with Gasteiger partial charge in [0, 0.05) is 18.1 Å². The molecular formula is C20H17ClN2O3. The van der Waals surface area contributed by atoms with Gasteiger partial charge in [0.2, 0.25) is 0 Å². The number of fused-ring (bicyclic) bond motifs is 1. The second-order valence-corrected chi connectivity index (χ2v) is 6.18. The van der Waals surface area contributed by atoms with E-state index < -0.39 is 12.1 Å². The Hall–Kier alpha value is -2.92. The average molecular weight is 369 g/mol. The van der Waals surface area contributed by atoms with Crippen LogP contribution >= 0.6 is 11.6 Å². The fraction of sp³-hybridized carbons (Fsp3) is 0.150. The van der Waals surface area contributed by atoms with Gasteiger partial charge in [0.05, 0.1) is 11.1 Å². The summed E-state index contributed by atoms with van der Waals surface area (Å²) < 4.78 is 5.39. The maximum atomic E-state index is 12.6. The van der Waals surface area contributed by atoms with Crippen molar-refractivity contribution in [1.29, 1.82) is 0 Å². The zero-order chi connectivity index (χ0) is 18.7. The van der Waals surface area contributed by atoms with Crippen molar-refractivity contribution in [2.45, 2.75) is 13.0 Å². The summed E-state index contributed by atoms with van der Waals surface area (Å²) in [6, 6.07) is 17.7. The number of nitrogens with zero attached hydrogens (tertiary/aromatic N) is 2. The molecule has 0 aliphatic rings. The largest absolute Gasteiger partial charge is 0.449 e. The van der Waals surface area contributed by atoms with Gasteiger partial charge in [-0.2, -0.15) is 0 Å². The number of para-hydroxylation sites is 2. The maximum absolute atomic E-state index is 12.6. The van der Waals surface area contributed by atoms with Crippen LogP contribution in [0.2, 0.25) is 5.15 Å². The quantitative estimate of drug-likeness (QED) is 0.514. The molecule has 0 saturated heterocycles. The lowest BCUT2D eigenvalue weighted by Crippen LogP contribution is -2.37. The Bertz CT molecular complexity index is 960. The lowest BCUT2D eigenvalue weighted by atomic mass is 10.1. The van der Waals surface area contributed by atoms with Crippen LogP contribution in [0.5, 0.6) is 0 Å². The fourth-order valence-corrected chi connectivity index (χ4v) is 2.84. The minimum absolute atomic E-state index is 0.191. The third-order valence-corrected chi connectivity index (χ3v) is 4.20. The summed E-state index contributed by atoms with van der Waals surface area (Å²) in [5, 5.41) is 0.814. The number of anilines is 1. The van der Waals surface area contributed by atoms with Crippen molar-refractivity contribution in [3.8, 4) is 0 Å². The molecule has 0 spiro atoms. The Labute approximate surface area is 156 Å². The Morgan fingerprint density at radius 1 is 1.08 bits per heavy atom. The standard InChI is InChI=1S/C20H17ClN2O3/c1-13(19(24)23(2)14-8-4-3-5-9-14)26-20(25)16-12-18(21)22-17-11-7-6-10-15(16)17/h3-13H,1-2H3/t13-/m1/s1. The number of halogens is 1. The molecule has 0 saturated carbocycles. The SMILES string of the molecule is C[C@@H](OC(=O)c1cc(Cl)nc2ccccc12)C(=O)N(C)c1ccccc1. The molecule has 6 heteroatoms. The third-order valence-electron chi connectivity index (χ3n) is 4.01. The Morgan fingerprint density at radius 3 is 2.46 bits per heavy atom. The van der Waals surface area contributed by atoms with E-state index in [9.17, 15) is 9.59 Å². The van der Waals surface area contributed by atoms with Gasteiger partial charge in [-0.1, -0.05) is 48.0 Å². The number of rotatable bonds is 4. The number of hydrogen-bond acceptors (Lipinski definition) is 4. The second-order valence-electron chi connectivity index (χ2n) is 5.79. The average Bonchev–Trinajstić information content (AvgIpc) is 2.66. The smallest absolute Gasteiger partial charge is 0.339 e. The van der Waals surface area contributed by atoms with Crippen LogP contribution in [0.25, 0.3) is 10.9 Å². The summed E-state index contributed by atoms with van der Waals surface area (Å²) in [5.41, 5.74) is 1.59. The van der Waals surface area contributed by atoms with Gasteiger partial charge in [0.15, 0.2) is 6.10 Å². The van der Waals surface area contributed by atoms with E-state index in [4.69, 9.17) is 16.3 Å². The van der Waals surface area contributed by atoms with E-state index in [0.717, 1.165) is 5.69 Å². The van der Waals surface area contributed by atoms with E-state index in [0.29, 0.717) is 10.9 Å². The van der Waals surface area contributed by atoms with Crippen molar-refractivity contribution in [1.82, 2.24) is 4.98 Å². The van der Waals surface area contributed by atoms with Crippen molar-refractivity contribution >= 4 is 40.1 Å². The number of carbonyl (C=O) groups is 2. The molecule has 0 unspecified atom stereocenters. The van der Waals surface area contributed by atoms with E-state index >= 15 is 0 Å².